The molecule has 36 heavy (non-hydrogen) atoms. The lowest BCUT2D eigenvalue weighted by atomic mass is 9.80. The van der Waals surface area contributed by atoms with E-state index in [0.717, 1.165) is 55.6 Å². The van der Waals surface area contributed by atoms with Crippen molar-refractivity contribution in [2.24, 2.45) is 0 Å². The van der Waals surface area contributed by atoms with Gasteiger partial charge in [0.25, 0.3) is 0 Å². The molecule has 4 heteroatoms. The Labute approximate surface area is 210 Å². The molecule has 0 N–H and O–H groups in total. The molecule has 0 radical (unpaired) electrons. The molecular formula is C32H22N4. The Bertz CT molecular complexity index is 1490. The lowest BCUT2D eigenvalue weighted by Gasteiger charge is -2.23. The number of rotatable bonds is 5. The van der Waals surface area contributed by atoms with Gasteiger partial charge in [0, 0.05) is 77.4 Å². The summed E-state index contributed by atoms with van der Waals surface area (Å²) in [4.78, 5) is 17.9. The SMILES string of the molecule is c1ccc(-c2cc(-c3cccnc3)c(-c3cccnc3)c(-c3cccnc3)c2-c2cccnc2)cc1. The summed E-state index contributed by atoms with van der Waals surface area (Å²) >= 11 is 0. The van der Waals surface area contributed by atoms with Gasteiger partial charge < -0.3 is 0 Å². The summed E-state index contributed by atoms with van der Waals surface area (Å²) in [5.74, 6) is 0. The second-order valence-corrected chi connectivity index (χ2v) is 8.43. The van der Waals surface area contributed by atoms with E-state index < -0.39 is 0 Å². The Kier molecular flexibility index (Phi) is 5.83. The van der Waals surface area contributed by atoms with E-state index >= 15 is 0 Å². The van der Waals surface area contributed by atoms with Crippen LogP contribution in [0.2, 0.25) is 0 Å². The topological polar surface area (TPSA) is 51.6 Å². The number of hydrogen-bond donors (Lipinski definition) is 0. The average Bonchev–Trinajstić information content (AvgIpc) is 2.98. The third-order valence-corrected chi connectivity index (χ3v) is 6.24. The largest absolute Gasteiger partial charge is 0.264 e. The summed E-state index contributed by atoms with van der Waals surface area (Å²) in [5, 5.41) is 0. The van der Waals surface area contributed by atoms with E-state index in [4.69, 9.17) is 0 Å². The van der Waals surface area contributed by atoms with Gasteiger partial charge in [0.15, 0.2) is 0 Å². The van der Waals surface area contributed by atoms with Crippen LogP contribution in [0.25, 0.3) is 55.6 Å². The molecule has 170 valence electrons. The minimum atomic E-state index is 1.03. The fraction of sp³-hybridized carbons (Fsp3) is 0. The molecule has 6 aromatic rings. The maximum absolute atomic E-state index is 4.49. The molecule has 0 saturated carbocycles. The first-order valence-electron chi connectivity index (χ1n) is 11.8. The number of nitrogens with zero attached hydrogens (tertiary/aromatic N) is 4. The molecule has 0 spiro atoms. The van der Waals surface area contributed by atoms with Gasteiger partial charge in [0.1, 0.15) is 0 Å². The van der Waals surface area contributed by atoms with Gasteiger partial charge in [-0.1, -0.05) is 54.6 Å². The highest BCUT2D eigenvalue weighted by Gasteiger charge is 2.24. The van der Waals surface area contributed by atoms with Crippen LogP contribution in [0.4, 0.5) is 0 Å². The summed E-state index contributed by atoms with van der Waals surface area (Å²) in [5.41, 5.74) is 10.7. The van der Waals surface area contributed by atoms with Crippen molar-refractivity contribution in [3.8, 4) is 55.6 Å². The fourth-order valence-electron chi connectivity index (χ4n) is 4.70. The molecule has 0 fully saturated rings. The van der Waals surface area contributed by atoms with Gasteiger partial charge in [0.2, 0.25) is 0 Å². The highest BCUT2D eigenvalue weighted by molar-refractivity contribution is 6.07. The minimum absolute atomic E-state index is 1.03. The Balaban J connectivity index is 1.84. The van der Waals surface area contributed by atoms with Crippen LogP contribution in [0.3, 0.4) is 0 Å². The normalized spacial score (nSPS) is 10.8. The summed E-state index contributed by atoms with van der Waals surface area (Å²) in [6, 6.07) is 29.1. The molecule has 6 rings (SSSR count). The van der Waals surface area contributed by atoms with Gasteiger partial charge in [-0.2, -0.15) is 0 Å². The van der Waals surface area contributed by atoms with E-state index in [9.17, 15) is 0 Å². The van der Waals surface area contributed by atoms with Crippen LogP contribution in [-0.4, -0.2) is 19.9 Å². The van der Waals surface area contributed by atoms with Gasteiger partial charge in [-0.25, -0.2) is 0 Å². The van der Waals surface area contributed by atoms with E-state index in [1.54, 1.807) is 18.6 Å². The predicted octanol–water partition coefficient (Wildman–Crippen LogP) is 7.60. The van der Waals surface area contributed by atoms with Crippen molar-refractivity contribution in [1.82, 2.24) is 19.9 Å². The van der Waals surface area contributed by atoms with Crippen molar-refractivity contribution in [2.75, 3.05) is 0 Å². The van der Waals surface area contributed by atoms with E-state index in [1.165, 1.54) is 0 Å². The number of aromatic nitrogens is 4. The highest BCUT2D eigenvalue weighted by atomic mass is 14.6. The second-order valence-electron chi connectivity index (χ2n) is 8.43. The molecule has 0 aliphatic heterocycles. The van der Waals surface area contributed by atoms with Crippen LogP contribution in [-0.2, 0) is 0 Å². The minimum Gasteiger partial charge on any atom is -0.264 e. The monoisotopic (exact) mass is 462 g/mol. The van der Waals surface area contributed by atoms with E-state index in [0.29, 0.717) is 0 Å². The molecule has 0 unspecified atom stereocenters. The third-order valence-electron chi connectivity index (χ3n) is 6.24. The van der Waals surface area contributed by atoms with Crippen molar-refractivity contribution in [3.05, 3.63) is 135 Å². The van der Waals surface area contributed by atoms with Crippen LogP contribution >= 0.6 is 0 Å². The molecule has 0 amide bonds. The maximum atomic E-state index is 4.49. The Morgan fingerprint density at radius 2 is 0.722 bits per heavy atom. The van der Waals surface area contributed by atoms with Gasteiger partial charge >= 0.3 is 0 Å². The van der Waals surface area contributed by atoms with Crippen molar-refractivity contribution < 1.29 is 0 Å². The smallest absolute Gasteiger partial charge is 0.0346 e. The molecule has 0 aliphatic carbocycles. The first kappa shape index (κ1) is 21.6. The fourth-order valence-corrected chi connectivity index (χ4v) is 4.70. The molecule has 2 aromatic carbocycles. The van der Waals surface area contributed by atoms with Crippen LogP contribution < -0.4 is 0 Å². The lowest BCUT2D eigenvalue weighted by Crippen LogP contribution is -1.99. The van der Waals surface area contributed by atoms with E-state index in [2.05, 4.69) is 74.5 Å². The number of benzene rings is 2. The summed E-state index contributed by atoms with van der Waals surface area (Å²) in [6.07, 6.45) is 14.9. The molecular weight excluding hydrogens is 440 g/mol. The molecule has 0 saturated heterocycles. The summed E-state index contributed by atoms with van der Waals surface area (Å²) < 4.78 is 0. The van der Waals surface area contributed by atoms with E-state index in [-0.39, 0.29) is 0 Å². The predicted molar refractivity (Wildman–Crippen MR) is 145 cm³/mol. The molecule has 4 heterocycles. The quantitative estimate of drug-likeness (QED) is 0.265. The molecule has 4 aromatic heterocycles. The Hall–Kier alpha value is -4.96. The Morgan fingerprint density at radius 1 is 0.333 bits per heavy atom. The van der Waals surface area contributed by atoms with Gasteiger partial charge in [0.05, 0.1) is 0 Å². The van der Waals surface area contributed by atoms with Crippen LogP contribution in [0.1, 0.15) is 0 Å². The third kappa shape index (κ3) is 4.05. The van der Waals surface area contributed by atoms with Crippen LogP contribution in [0, 0.1) is 0 Å². The zero-order valence-electron chi connectivity index (χ0n) is 19.5. The average molecular weight is 463 g/mol. The summed E-state index contributed by atoms with van der Waals surface area (Å²) in [6.45, 7) is 0. The van der Waals surface area contributed by atoms with Gasteiger partial charge in [-0.15, -0.1) is 0 Å². The zero-order valence-corrected chi connectivity index (χ0v) is 19.5. The Morgan fingerprint density at radius 3 is 1.17 bits per heavy atom. The van der Waals surface area contributed by atoms with E-state index in [1.807, 2.05) is 61.3 Å². The first-order chi connectivity index (χ1) is 17.9. The molecule has 0 aliphatic rings. The maximum Gasteiger partial charge on any atom is 0.0346 e. The number of hydrogen-bond acceptors (Lipinski definition) is 4. The van der Waals surface area contributed by atoms with Crippen molar-refractivity contribution in [1.29, 1.82) is 0 Å². The lowest BCUT2D eigenvalue weighted by molar-refractivity contribution is 1.31. The van der Waals surface area contributed by atoms with Gasteiger partial charge in [-0.05, 0) is 58.1 Å². The standard InChI is InChI=1S/C32H22N4/c1-2-8-23(9-3-1)28-18-29(24-10-4-14-33-19-24)31(26-12-6-16-35-21-26)32(27-13-7-17-36-22-27)30(28)25-11-5-15-34-20-25/h1-22H. The van der Waals surface area contributed by atoms with Crippen molar-refractivity contribution >= 4 is 0 Å². The number of pyridine rings is 4. The molecule has 4 nitrogen and oxygen atoms in total. The van der Waals surface area contributed by atoms with Crippen molar-refractivity contribution in [3.63, 3.8) is 0 Å². The van der Waals surface area contributed by atoms with Gasteiger partial charge in [-0.3, -0.25) is 19.9 Å². The second kappa shape index (κ2) is 9.72. The van der Waals surface area contributed by atoms with Crippen LogP contribution in [0.15, 0.2) is 135 Å². The first-order valence-corrected chi connectivity index (χ1v) is 11.8. The highest BCUT2D eigenvalue weighted by Crippen LogP contribution is 2.49. The molecule has 0 atom stereocenters. The van der Waals surface area contributed by atoms with Crippen LogP contribution in [0.5, 0.6) is 0 Å². The zero-order chi connectivity index (χ0) is 24.2. The summed E-state index contributed by atoms with van der Waals surface area (Å²) in [7, 11) is 0. The van der Waals surface area contributed by atoms with Crippen molar-refractivity contribution in [2.45, 2.75) is 0 Å². The molecule has 0 bridgehead atoms.